The summed E-state index contributed by atoms with van der Waals surface area (Å²) in [4.78, 5) is 43.2. The molecular weight excluding hydrogens is 360 g/mol. The zero-order chi connectivity index (χ0) is 20.3. The fourth-order valence-electron chi connectivity index (χ4n) is 4.34. The third kappa shape index (κ3) is 5.14. The van der Waals surface area contributed by atoms with E-state index in [2.05, 4.69) is 32.8 Å². The molecule has 0 aromatic rings. The minimum atomic E-state index is -0.221. The highest BCUT2D eigenvalue weighted by Crippen LogP contribution is 2.26. The van der Waals surface area contributed by atoms with Gasteiger partial charge >= 0.3 is 6.03 Å². The Labute approximate surface area is 167 Å². The van der Waals surface area contributed by atoms with Gasteiger partial charge in [0.05, 0.1) is 6.04 Å². The van der Waals surface area contributed by atoms with Crippen molar-refractivity contribution in [2.24, 2.45) is 0 Å². The van der Waals surface area contributed by atoms with Crippen LogP contribution in [-0.4, -0.2) is 103 Å². The lowest BCUT2D eigenvalue weighted by molar-refractivity contribution is -0.133. The molecule has 9 heteroatoms. The monoisotopic (exact) mass is 394 g/mol. The highest BCUT2D eigenvalue weighted by atomic mass is 16.2. The lowest BCUT2D eigenvalue weighted by atomic mass is 10.0. The van der Waals surface area contributed by atoms with Crippen molar-refractivity contribution < 1.29 is 14.4 Å². The molecule has 3 heterocycles. The van der Waals surface area contributed by atoms with E-state index in [0.29, 0.717) is 25.9 Å². The van der Waals surface area contributed by atoms with Crippen molar-refractivity contribution in [3.63, 3.8) is 0 Å². The third-order valence-electron chi connectivity index (χ3n) is 5.93. The van der Waals surface area contributed by atoms with Gasteiger partial charge in [0, 0.05) is 63.8 Å². The molecule has 0 radical (unpaired) electrons. The Morgan fingerprint density at radius 3 is 2.61 bits per heavy atom. The summed E-state index contributed by atoms with van der Waals surface area (Å²) in [5, 5.41) is 8.79. The van der Waals surface area contributed by atoms with Crippen LogP contribution in [0.4, 0.5) is 4.79 Å². The summed E-state index contributed by atoms with van der Waals surface area (Å²) in [5.74, 6) is 0.224. The van der Waals surface area contributed by atoms with Crippen LogP contribution < -0.4 is 16.0 Å². The van der Waals surface area contributed by atoms with Gasteiger partial charge in [0.15, 0.2) is 0 Å². The highest BCUT2D eigenvalue weighted by Gasteiger charge is 2.43. The Hall–Kier alpha value is -1.87. The van der Waals surface area contributed by atoms with Crippen LogP contribution in [0.2, 0.25) is 0 Å². The van der Waals surface area contributed by atoms with Crippen LogP contribution in [0.15, 0.2) is 0 Å². The number of fused-ring (bicyclic) bond motifs is 1. The molecule has 3 fully saturated rings. The number of urea groups is 1. The van der Waals surface area contributed by atoms with Gasteiger partial charge in [-0.2, -0.15) is 0 Å². The number of carbonyl (C=O) groups excluding carboxylic acids is 3. The first-order chi connectivity index (χ1) is 13.3. The summed E-state index contributed by atoms with van der Waals surface area (Å²) in [6, 6.07) is -0.257. The number of carbonyl (C=O) groups is 3. The summed E-state index contributed by atoms with van der Waals surface area (Å²) in [6.45, 7) is 8.47. The summed E-state index contributed by atoms with van der Waals surface area (Å²) in [7, 11) is 2.08. The average Bonchev–Trinajstić information content (AvgIpc) is 3.05. The minimum absolute atomic E-state index is 0.0233. The highest BCUT2D eigenvalue weighted by molar-refractivity contribution is 5.83. The standard InChI is InChI=1S/C19H34N6O3/c1-13(2)21-19(28)22-14-10-16-18(27)20-11-15(25(16)12-14)4-5-17(26)24-8-6-23(3)7-9-24/h13-16H,4-12H2,1-3H3,(H,20,27)(H2,21,22,28)/t14-,15+,16-/m0/s1. The molecule has 3 aliphatic heterocycles. The lowest BCUT2D eigenvalue weighted by Gasteiger charge is -2.38. The largest absolute Gasteiger partial charge is 0.353 e. The molecule has 9 nitrogen and oxygen atoms in total. The van der Waals surface area contributed by atoms with Gasteiger partial charge in [-0.3, -0.25) is 14.5 Å². The van der Waals surface area contributed by atoms with E-state index in [-0.39, 0.29) is 42.0 Å². The predicted molar refractivity (Wildman–Crippen MR) is 106 cm³/mol. The van der Waals surface area contributed by atoms with Gasteiger partial charge in [-0.05, 0) is 33.7 Å². The molecule has 0 aromatic heterocycles. The number of amides is 4. The molecule has 3 N–H and O–H groups in total. The first kappa shape index (κ1) is 20.9. The van der Waals surface area contributed by atoms with E-state index in [1.165, 1.54) is 0 Å². The van der Waals surface area contributed by atoms with E-state index in [4.69, 9.17) is 0 Å². The molecule has 4 amide bonds. The second-order valence-electron chi connectivity index (χ2n) is 8.54. The topological polar surface area (TPSA) is 97.0 Å². The molecule has 3 saturated heterocycles. The summed E-state index contributed by atoms with van der Waals surface area (Å²) in [6.07, 6.45) is 1.84. The Morgan fingerprint density at radius 1 is 1.21 bits per heavy atom. The van der Waals surface area contributed by atoms with Crippen molar-refractivity contribution in [2.45, 2.75) is 57.3 Å². The van der Waals surface area contributed by atoms with Crippen LogP contribution in [0, 0.1) is 0 Å². The number of hydrogen-bond acceptors (Lipinski definition) is 5. The van der Waals surface area contributed by atoms with E-state index >= 15 is 0 Å². The molecule has 3 atom stereocenters. The van der Waals surface area contributed by atoms with Gasteiger partial charge in [0.2, 0.25) is 11.8 Å². The quantitative estimate of drug-likeness (QED) is 0.567. The van der Waals surface area contributed by atoms with Crippen molar-refractivity contribution >= 4 is 17.8 Å². The maximum Gasteiger partial charge on any atom is 0.315 e. The van der Waals surface area contributed by atoms with E-state index < -0.39 is 0 Å². The number of likely N-dealkylation sites (N-methyl/N-ethyl adjacent to an activating group) is 1. The SMILES string of the molecule is CC(C)NC(=O)N[C@H]1C[C@H]2C(=O)NC[C@@H](CCC(=O)N3CCN(C)CC3)N2C1. The van der Waals surface area contributed by atoms with Gasteiger partial charge in [0.1, 0.15) is 0 Å². The van der Waals surface area contributed by atoms with Crippen molar-refractivity contribution in [1.82, 2.24) is 30.7 Å². The van der Waals surface area contributed by atoms with Crippen molar-refractivity contribution in [1.29, 1.82) is 0 Å². The fourth-order valence-corrected chi connectivity index (χ4v) is 4.34. The fraction of sp³-hybridized carbons (Fsp3) is 0.842. The molecule has 0 aromatic carbocycles. The van der Waals surface area contributed by atoms with Crippen LogP contribution in [0.25, 0.3) is 0 Å². The molecule has 3 aliphatic rings. The van der Waals surface area contributed by atoms with Crippen LogP contribution in [-0.2, 0) is 9.59 Å². The van der Waals surface area contributed by atoms with E-state index in [9.17, 15) is 14.4 Å². The predicted octanol–water partition coefficient (Wildman–Crippen LogP) is -0.810. The number of rotatable bonds is 5. The zero-order valence-electron chi connectivity index (χ0n) is 17.2. The Balaban J connectivity index is 1.51. The van der Waals surface area contributed by atoms with Gasteiger partial charge in [-0.25, -0.2) is 4.79 Å². The molecule has 28 heavy (non-hydrogen) atoms. The summed E-state index contributed by atoms with van der Waals surface area (Å²) >= 11 is 0. The zero-order valence-corrected chi connectivity index (χ0v) is 17.2. The minimum Gasteiger partial charge on any atom is -0.353 e. The third-order valence-corrected chi connectivity index (χ3v) is 5.93. The molecule has 158 valence electrons. The van der Waals surface area contributed by atoms with Crippen molar-refractivity contribution in [3.05, 3.63) is 0 Å². The second-order valence-corrected chi connectivity index (χ2v) is 8.54. The molecule has 3 rings (SSSR count). The normalized spacial score (nSPS) is 28.8. The lowest BCUT2D eigenvalue weighted by Crippen LogP contribution is -2.58. The second kappa shape index (κ2) is 9.09. The number of nitrogens with one attached hydrogen (secondary N) is 3. The van der Waals surface area contributed by atoms with Gasteiger partial charge < -0.3 is 25.8 Å². The number of piperazine rings is 2. The number of nitrogens with zero attached hydrogens (tertiary/aromatic N) is 3. The van der Waals surface area contributed by atoms with Crippen LogP contribution >= 0.6 is 0 Å². The van der Waals surface area contributed by atoms with E-state index in [0.717, 1.165) is 32.6 Å². The first-order valence-electron chi connectivity index (χ1n) is 10.4. The van der Waals surface area contributed by atoms with Crippen molar-refractivity contribution in [2.75, 3.05) is 46.3 Å². The average molecular weight is 395 g/mol. The van der Waals surface area contributed by atoms with Crippen molar-refractivity contribution in [3.8, 4) is 0 Å². The smallest absolute Gasteiger partial charge is 0.315 e. The maximum absolute atomic E-state index is 12.6. The molecule has 0 saturated carbocycles. The Bertz CT molecular complexity index is 590. The Morgan fingerprint density at radius 2 is 1.93 bits per heavy atom. The molecule has 0 unspecified atom stereocenters. The summed E-state index contributed by atoms with van der Waals surface area (Å²) in [5.41, 5.74) is 0. The molecule has 0 spiro atoms. The van der Waals surface area contributed by atoms with Gasteiger partial charge in [-0.1, -0.05) is 0 Å². The van der Waals surface area contributed by atoms with Crippen LogP contribution in [0.1, 0.15) is 33.1 Å². The van der Waals surface area contributed by atoms with Gasteiger partial charge in [0.25, 0.3) is 0 Å². The van der Waals surface area contributed by atoms with Crippen LogP contribution in [0.3, 0.4) is 0 Å². The van der Waals surface area contributed by atoms with Gasteiger partial charge in [-0.15, -0.1) is 0 Å². The summed E-state index contributed by atoms with van der Waals surface area (Å²) < 4.78 is 0. The van der Waals surface area contributed by atoms with E-state index in [1.54, 1.807) is 0 Å². The Kier molecular flexibility index (Phi) is 6.77. The van der Waals surface area contributed by atoms with Crippen LogP contribution in [0.5, 0.6) is 0 Å². The molecular formula is C19H34N6O3. The first-order valence-corrected chi connectivity index (χ1v) is 10.4. The maximum atomic E-state index is 12.6. The molecule has 0 bridgehead atoms. The number of hydrogen-bond donors (Lipinski definition) is 3. The van der Waals surface area contributed by atoms with E-state index in [1.807, 2.05) is 18.7 Å². The molecule has 0 aliphatic carbocycles.